The second-order valence-corrected chi connectivity index (χ2v) is 6.94. The quantitative estimate of drug-likeness (QED) is 0.821. The van der Waals surface area contributed by atoms with E-state index in [1.54, 1.807) is 18.2 Å². The summed E-state index contributed by atoms with van der Waals surface area (Å²) < 4.78 is 0. The van der Waals surface area contributed by atoms with Crippen LogP contribution in [0.15, 0.2) is 18.2 Å². The summed E-state index contributed by atoms with van der Waals surface area (Å²) in [5.41, 5.74) is 1.34. The van der Waals surface area contributed by atoms with Gasteiger partial charge < -0.3 is 10.6 Å². The van der Waals surface area contributed by atoms with Crippen LogP contribution in [0.4, 0.5) is 10.5 Å². The van der Waals surface area contributed by atoms with E-state index in [2.05, 4.69) is 10.6 Å². The first kappa shape index (κ1) is 17.5. The van der Waals surface area contributed by atoms with Gasteiger partial charge in [0, 0.05) is 17.8 Å². The van der Waals surface area contributed by atoms with E-state index in [0.29, 0.717) is 16.8 Å². The summed E-state index contributed by atoms with van der Waals surface area (Å²) in [6.07, 6.45) is 5.88. The van der Waals surface area contributed by atoms with E-state index in [1.807, 2.05) is 13.8 Å². The van der Waals surface area contributed by atoms with Crippen LogP contribution in [-0.4, -0.2) is 34.8 Å². The van der Waals surface area contributed by atoms with Crippen LogP contribution in [0.2, 0.25) is 0 Å². The van der Waals surface area contributed by atoms with Gasteiger partial charge in [0.05, 0.1) is 11.1 Å². The first-order valence-corrected chi connectivity index (χ1v) is 9.10. The Kier molecular flexibility index (Phi) is 5.06. The lowest BCUT2D eigenvalue weighted by molar-refractivity contribution is 0.0549. The summed E-state index contributed by atoms with van der Waals surface area (Å²) in [7, 11) is 0. The van der Waals surface area contributed by atoms with Gasteiger partial charge in [-0.15, -0.1) is 0 Å². The number of hydrogen-bond donors (Lipinski definition) is 2. The monoisotopic (exact) mass is 343 g/mol. The van der Waals surface area contributed by atoms with Crippen LogP contribution >= 0.6 is 0 Å². The molecule has 2 N–H and O–H groups in total. The van der Waals surface area contributed by atoms with Crippen LogP contribution in [0.5, 0.6) is 0 Å². The molecule has 1 fully saturated rings. The molecule has 0 saturated heterocycles. The molecule has 6 nitrogen and oxygen atoms in total. The molecule has 0 radical (unpaired) electrons. The van der Waals surface area contributed by atoms with Crippen LogP contribution in [0.3, 0.4) is 0 Å². The van der Waals surface area contributed by atoms with Gasteiger partial charge in [0.1, 0.15) is 0 Å². The van der Waals surface area contributed by atoms with Crippen molar-refractivity contribution in [2.24, 2.45) is 0 Å². The van der Waals surface area contributed by atoms with Crippen LogP contribution in [0.25, 0.3) is 0 Å². The smallest absolute Gasteiger partial charge is 0.319 e. The van der Waals surface area contributed by atoms with E-state index in [9.17, 15) is 14.4 Å². The molecule has 25 heavy (non-hydrogen) atoms. The molecule has 0 spiro atoms. The zero-order valence-electron chi connectivity index (χ0n) is 14.8. The molecule has 134 valence electrons. The number of rotatable bonds is 4. The van der Waals surface area contributed by atoms with Gasteiger partial charge >= 0.3 is 6.03 Å². The van der Waals surface area contributed by atoms with Gasteiger partial charge in [0.25, 0.3) is 11.8 Å². The van der Waals surface area contributed by atoms with Gasteiger partial charge in [0.2, 0.25) is 0 Å². The third-order valence-corrected chi connectivity index (χ3v) is 5.11. The molecule has 1 aromatic rings. The van der Waals surface area contributed by atoms with Crippen molar-refractivity contribution in [2.75, 3.05) is 5.32 Å². The van der Waals surface area contributed by atoms with Gasteiger partial charge in [-0.2, -0.15) is 0 Å². The van der Waals surface area contributed by atoms with Crippen molar-refractivity contribution in [3.8, 4) is 0 Å². The first-order valence-electron chi connectivity index (χ1n) is 9.10. The van der Waals surface area contributed by atoms with E-state index in [1.165, 1.54) is 11.3 Å². The average Bonchev–Trinajstić information content (AvgIpc) is 2.86. The standard InChI is InChI=1S/C19H25N3O3/c1-3-12(2)20-19(25)21-13-9-10-15-16(11-13)18(24)22(17(15)23)14-7-5-4-6-8-14/h9-12,14H,3-8H2,1-2H3,(H2,20,21,25). The summed E-state index contributed by atoms with van der Waals surface area (Å²) in [5, 5.41) is 5.55. The van der Waals surface area contributed by atoms with E-state index < -0.39 is 0 Å². The van der Waals surface area contributed by atoms with Gasteiger partial charge in [-0.25, -0.2) is 4.79 Å². The molecule has 3 rings (SSSR count). The normalized spacial score (nSPS) is 18.9. The Morgan fingerprint density at radius 1 is 1.16 bits per heavy atom. The lowest BCUT2D eigenvalue weighted by Crippen LogP contribution is -2.40. The second-order valence-electron chi connectivity index (χ2n) is 6.94. The van der Waals surface area contributed by atoms with Crippen LogP contribution < -0.4 is 10.6 Å². The van der Waals surface area contributed by atoms with E-state index >= 15 is 0 Å². The molecule has 0 aromatic heterocycles. The highest BCUT2D eigenvalue weighted by molar-refractivity contribution is 6.22. The van der Waals surface area contributed by atoms with Crippen molar-refractivity contribution in [3.05, 3.63) is 29.3 Å². The van der Waals surface area contributed by atoms with Crippen molar-refractivity contribution in [1.82, 2.24) is 10.2 Å². The largest absolute Gasteiger partial charge is 0.335 e. The minimum absolute atomic E-state index is 0.00580. The number of hydrogen-bond acceptors (Lipinski definition) is 3. The van der Waals surface area contributed by atoms with Crippen LogP contribution in [0.1, 0.15) is 73.1 Å². The van der Waals surface area contributed by atoms with E-state index in [0.717, 1.165) is 32.1 Å². The summed E-state index contributed by atoms with van der Waals surface area (Å²) in [6.45, 7) is 3.91. The number of urea groups is 1. The fourth-order valence-electron chi connectivity index (χ4n) is 3.50. The molecular weight excluding hydrogens is 318 g/mol. The predicted octanol–water partition coefficient (Wildman–Crippen LogP) is 3.54. The number of carbonyl (C=O) groups excluding carboxylic acids is 3. The molecule has 1 aromatic carbocycles. The number of benzene rings is 1. The first-order chi connectivity index (χ1) is 12.0. The molecule has 1 saturated carbocycles. The lowest BCUT2D eigenvalue weighted by Gasteiger charge is -2.29. The number of nitrogens with zero attached hydrogens (tertiary/aromatic N) is 1. The molecule has 1 aliphatic heterocycles. The van der Waals surface area contributed by atoms with Crippen LogP contribution in [-0.2, 0) is 0 Å². The summed E-state index contributed by atoms with van der Waals surface area (Å²) in [6, 6.07) is 4.68. The minimum Gasteiger partial charge on any atom is -0.335 e. The van der Waals surface area contributed by atoms with Crippen LogP contribution in [0, 0.1) is 0 Å². The van der Waals surface area contributed by atoms with Gasteiger partial charge in [-0.05, 0) is 44.4 Å². The van der Waals surface area contributed by atoms with E-state index in [4.69, 9.17) is 0 Å². The Hall–Kier alpha value is -2.37. The molecule has 2 aliphatic rings. The van der Waals surface area contributed by atoms with Gasteiger partial charge in [-0.1, -0.05) is 26.2 Å². The average molecular weight is 343 g/mol. The maximum atomic E-state index is 12.7. The predicted molar refractivity (Wildman–Crippen MR) is 95.7 cm³/mol. The number of carbonyl (C=O) groups is 3. The van der Waals surface area contributed by atoms with Crippen molar-refractivity contribution in [1.29, 1.82) is 0 Å². The number of anilines is 1. The second kappa shape index (κ2) is 7.25. The Morgan fingerprint density at radius 3 is 2.52 bits per heavy atom. The molecule has 1 aliphatic carbocycles. The highest BCUT2D eigenvalue weighted by Gasteiger charge is 2.40. The number of amides is 4. The third-order valence-electron chi connectivity index (χ3n) is 5.11. The van der Waals surface area contributed by atoms with E-state index in [-0.39, 0.29) is 29.9 Å². The van der Waals surface area contributed by atoms with Crippen molar-refractivity contribution in [2.45, 2.75) is 64.5 Å². The van der Waals surface area contributed by atoms with Crippen molar-refractivity contribution >= 4 is 23.5 Å². The van der Waals surface area contributed by atoms with Gasteiger partial charge in [-0.3, -0.25) is 14.5 Å². The molecule has 0 bridgehead atoms. The molecular formula is C19H25N3O3. The fraction of sp³-hybridized carbons (Fsp3) is 0.526. The lowest BCUT2D eigenvalue weighted by atomic mass is 9.94. The molecule has 6 heteroatoms. The minimum atomic E-state index is -0.310. The fourth-order valence-corrected chi connectivity index (χ4v) is 3.50. The Balaban J connectivity index is 1.76. The maximum Gasteiger partial charge on any atom is 0.319 e. The zero-order chi connectivity index (χ0) is 18.0. The molecule has 1 unspecified atom stereocenters. The Morgan fingerprint density at radius 2 is 1.84 bits per heavy atom. The summed E-state index contributed by atoms with van der Waals surface area (Å²) in [4.78, 5) is 38.8. The third kappa shape index (κ3) is 3.52. The molecule has 1 heterocycles. The molecule has 4 amide bonds. The number of imide groups is 1. The summed E-state index contributed by atoms with van der Waals surface area (Å²) in [5.74, 6) is -0.444. The zero-order valence-corrected chi connectivity index (χ0v) is 14.8. The van der Waals surface area contributed by atoms with Crippen molar-refractivity contribution < 1.29 is 14.4 Å². The highest BCUT2D eigenvalue weighted by Crippen LogP contribution is 2.32. The Bertz CT molecular complexity index is 695. The topological polar surface area (TPSA) is 78.5 Å². The van der Waals surface area contributed by atoms with Crippen molar-refractivity contribution in [3.63, 3.8) is 0 Å². The molecule has 1 atom stereocenters. The Labute approximate surface area is 148 Å². The van der Waals surface area contributed by atoms with Gasteiger partial charge in [0.15, 0.2) is 0 Å². The summed E-state index contributed by atoms with van der Waals surface area (Å²) >= 11 is 0. The SMILES string of the molecule is CCC(C)NC(=O)Nc1ccc2c(c1)C(=O)N(C1CCCCC1)C2=O. The highest BCUT2D eigenvalue weighted by atomic mass is 16.2. The number of nitrogens with one attached hydrogen (secondary N) is 2. The maximum absolute atomic E-state index is 12.7. The number of fused-ring (bicyclic) bond motifs is 1.